The lowest BCUT2D eigenvalue weighted by Gasteiger charge is -2.07. The summed E-state index contributed by atoms with van der Waals surface area (Å²) in [7, 11) is 0. The van der Waals surface area contributed by atoms with Gasteiger partial charge in [-0.15, -0.1) is 0 Å². The van der Waals surface area contributed by atoms with Crippen LogP contribution >= 0.6 is 0 Å². The van der Waals surface area contributed by atoms with Crippen molar-refractivity contribution in [3.8, 4) is 5.69 Å². The third-order valence-electron chi connectivity index (χ3n) is 2.85. The molecular weight excluding hydrogens is 200 g/mol. The summed E-state index contributed by atoms with van der Waals surface area (Å²) in [5.74, 6) is 0. The molecule has 2 rings (SSSR count). The minimum atomic E-state index is 0.649. The normalized spacial score (nSPS) is 10.7. The van der Waals surface area contributed by atoms with Crippen LogP contribution in [0.5, 0.6) is 0 Å². The first-order chi connectivity index (χ1) is 7.65. The first-order valence-electron chi connectivity index (χ1n) is 5.40. The predicted octanol–water partition coefficient (Wildman–Crippen LogP) is 2.03. The zero-order chi connectivity index (χ0) is 11.7. The summed E-state index contributed by atoms with van der Waals surface area (Å²) in [6.45, 7) is 6.23. The van der Waals surface area contributed by atoms with Crippen molar-refractivity contribution in [1.82, 2.24) is 14.8 Å². The van der Waals surface area contributed by atoms with Gasteiger partial charge < -0.3 is 5.73 Å². The number of pyridine rings is 1. The Morgan fingerprint density at radius 2 is 2.12 bits per heavy atom. The number of aryl methyl sites for hydroxylation is 1. The molecule has 2 aromatic rings. The Labute approximate surface area is 95.1 Å². The largest absolute Gasteiger partial charge is 0.396 e. The Balaban J connectivity index is 2.62. The molecular formula is C12H16N4. The van der Waals surface area contributed by atoms with Crippen LogP contribution in [0.2, 0.25) is 0 Å². The average molecular weight is 216 g/mol. The van der Waals surface area contributed by atoms with Gasteiger partial charge in [0.25, 0.3) is 0 Å². The molecule has 0 aliphatic rings. The summed E-state index contributed by atoms with van der Waals surface area (Å²) in [5.41, 5.74) is 11.0. The number of aromatic nitrogens is 3. The maximum Gasteiger partial charge on any atom is 0.0909 e. The van der Waals surface area contributed by atoms with E-state index in [-0.39, 0.29) is 0 Å². The third kappa shape index (κ3) is 1.56. The second kappa shape index (κ2) is 3.96. The van der Waals surface area contributed by atoms with Gasteiger partial charge in [-0.05, 0) is 31.9 Å². The Morgan fingerprint density at radius 3 is 2.69 bits per heavy atom. The SMILES string of the molecule is CCc1c(C)nn(-c2ccncc2N)c1C. The summed E-state index contributed by atoms with van der Waals surface area (Å²) >= 11 is 0. The summed E-state index contributed by atoms with van der Waals surface area (Å²) in [6.07, 6.45) is 4.37. The average Bonchev–Trinajstić information content (AvgIpc) is 2.55. The molecule has 0 fully saturated rings. The second-order valence-electron chi connectivity index (χ2n) is 3.85. The van der Waals surface area contributed by atoms with E-state index in [0.717, 1.165) is 23.5 Å². The number of nitrogens with two attached hydrogens (primary N) is 1. The van der Waals surface area contributed by atoms with Gasteiger partial charge in [-0.2, -0.15) is 5.10 Å². The zero-order valence-corrected chi connectivity index (χ0v) is 9.86. The number of hydrogen-bond acceptors (Lipinski definition) is 3. The molecule has 84 valence electrons. The fraction of sp³-hybridized carbons (Fsp3) is 0.333. The summed E-state index contributed by atoms with van der Waals surface area (Å²) in [5, 5.41) is 4.52. The molecule has 4 heteroatoms. The van der Waals surface area contributed by atoms with Crippen LogP contribution in [0.15, 0.2) is 18.5 Å². The van der Waals surface area contributed by atoms with E-state index in [1.807, 2.05) is 17.7 Å². The van der Waals surface area contributed by atoms with E-state index in [0.29, 0.717) is 5.69 Å². The summed E-state index contributed by atoms with van der Waals surface area (Å²) in [6, 6.07) is 1.88. The fourth-order valence-electron chi connectivity index (χ4n) is 2.01. The molecule has 0 saturated carbocycles. The van der Waals surface area contributed by atoms with Crippen molar-refractivity contribution < 1.29 is 0 Å². The van der Waals surface area contributed by atoms with Gasteiger partial charge >= 0.3 is 0 Å². The minimum absolute atomic E-state index is 0.649. The van der Waals surface area contributed by atoms with Gasteiger partial charge in [-0.25, -0.2) is 4.68 Å². The molecule has 0 bridgehead atoms. The highest BCUT2D eigenvalue weighted by molar-refractivity contribution is 5.56. The lowest BCUT2D eigenvalue weighted by Crippen LogP contribution is -2.03. The predicted molar refractivity (Wildman–Crippen MR) is 64.6 cm³/mol. The van der Waals surface area contributed by atoms with Crippen LogP contribution in [0.1, 0.15) is 23.9 Å². The molecule has 0 aliphatic heterocycles. The van der Waals surface area contributed by atoms with Crippen LogP contribution < -0.4 is 5.73 Å². The third-order valence-corrected chi connectivity index (χ3v) is 2.85. The molecule has 0 spiro atoms. The van der Waals surface area contributed by atoms with Gasteiger partial charge in [-0.1, -0.05) is 6.92 Å². The van der Waals surface area contributed by atoms with E-state index in [1.165, 1.54) is 5.56 Å². The quantitative estimate of drug-likeness (QED) is 0.835. The monoisotopic (exact) mass is 216 g/mol. The lowest BCUT2D eigenvalue weighted by molar-refractivity contribution is 0.833. The molecule has 16 heavy (non-hydrogen) atoms. The van der Waals surface area contributed by atoms with Crippen LogP contribution in [-0.4, -0.2) is 14.8 Å². The molecule has 0 saturated heterocycles. The highest BCUT2D eigenvalue weighted by atomic mass is 15.3. The molecule has 0 aliphatic carbocycles. The van der Waals surface area contributed by atoms with Crippen molar-refractivity contribution in [2.24, 2.45) is 0 Å². The van der Waals surface area contributed by atoms with Crippen molar-refractivity contribution in [3.63, 3.8) is 0 Å². The Kier molecular flexibility index (Phi) is 2.64. The van der Waals surface area contributed by atoms with Crippen LogP contribution in [0.25, 0.3) is 5.69 Å². The van der Waals surface area contributed by atoms with Crippen LogP contribution in [0.4, 0.5) is 5.69 Å². The number of anilines is 1. The van der Waals surface area contributed by atoms with Crippen LogP contribution in [0, 0.1) is 13.8 Å². The van der Waals surface area contributed by atoms with Gasteiger partial charge in [0, 0.05) is 11.9 Å². The topological polar surface area (TPSA) is 56.7 Å². The maximum atomic E-state index is 5.90. The van der Waals surface area contributed by atoms with E-state index < -0.39 is 0 Å². The van der Waals surface area contributed by atoms with E-state index in [9.17, 15) is 0 Å². The number of rotatable bonds is 2. The standard InChI is InChI=1S/C12H16N4/c1-4-10-8(2)15-16(9(10)3)12-5-6-14-7-11(12)13/h5-7H,4,13H2,1-3H3. The van der Waals surface area contributed by atoms with E-state index >= 15 is 0 Å². The first-order valence-corrected chi connectivity index (χ1v) is 5.40. The van der Waals surface area contributed by atoms with Gasteiger partial charge in [0.1, 0.15) is 0 Å². The van der Waals surface area contributed by atoms with E-state index in [4.69, 9.17) is 5.73 Å². The molecule has 2 aromatic heterocycles. The summed E-state index contributed by atoms with van der Waals surface area (Å²) in [4.78, 5) is 3.98. The van der Waals surface area contributed by atoms with Crippen molar-refractivity contribution in [3.05, 3.63) is 35.4 Å². The van der Waals surface area contributed by atoms with Crippen molar-refractivity contribution in [2.75, 3.05) is 5.73 Å². The zero-order valence-electron chi connectivity index (χ0n) is 9.86. The second-order valence-corrected chi connectivity index (χ2v) is 3.85. The molecule has 4 nitrogen and oxygen atoms in total. The van der Waals surface area contributed by atoms with E-state index in [2.05, 4.69) is 23.9 Å². The number of hydrogen-bond donors (Lipinski definition) is 1. The Hall–Kier alpha value is -1.84. The molecule has 2 heterocycles. The summed E-state index contributed by atoms with van der Waals surface area (Å²) < 4.78 is 1.89. The Morgan fingerprint density at radius 1 is 1.38 bits per heavy atom. The highest BCUT2D eigenvalue weighted by Gasteiger charge is 2.12. The van der Waals surface area contributed by atoms with Crippen molar-refractivity contribution in [2.45, 2.75) is 27.2 Å². The van der Waals surface area contributed by atoms with Crippen LogP contribution in [0.3, 0.4) is 0 Å². The van der Waals surface area contributed by atoms with Gasteiger partial charge in [0.05, 0.1) is 23.3 Å². The van der Waals surface area contributed by atoms with Gasteiger partial charge in [-0.3, -0.25) is 4.98 Å². The van der Waals surface area contributed by atoms with Crippen molar-refractivity contribution >= 4 is 5.69 Å². The van der Waals surface area contributed by atoms with Crippen LogP contribution in [-0.2, 0) is 6.42 Å². The maximum absolute atomic E-state index is 5.90. The molecule has 0 atom stereocenters. The van der Waals surface area contributed by atoms with Gasteiger partial charge in [0.15, 0.2) is 0 Å². The first kappa shape index (κ1) is 10.7. The molecule has 0 amide bonds. The van der Waals surface area contributed by atoms with Crippen molar-refractivity contribution in [1.29, 1.82) is 0 Å². The highest BCUT2D eigenvalue weighted by Crippen LogP contribution is 2.21. The molecule has 2 N–H and O–H groups in total. The smallest absolute Gasteiger partial charge is 0.0909 e. The minimum Gasteiger partial charge on any atom is -0.396 e. The Bertz CT molecular complexity index is 514. The molecule has 0 radical (unpaired) electrons. The number of nitrogen functional groups attached to an aromatic ring is 1. The number of nitrogens with zero attached hydrogens (tertiary/aromatic N) is 3. The van der Waals surface area contributed by atoms with Gasteiger partial charge in [0.2, 0.25) is 0 Å². The lowest BCUT2D eigenvalue weighted by atomic mass is 10.1. The van der Waals surface area contributed by atoms with E-state index in [1.54, 1.807) is 12.4 Å². The molecule has 0 aromatic carbocycles. The molecule has 0 unspecified atom stereocenters. The fourth-order valence-corrected chi connectivity index (χ4v) is 2.01.